The molecule has 2 N–H and O–H groups in total. The quantitative estimate of drug-likeness (QED) is 0.0532. The van der Waals surface area contributed by atoms with Gasteiger partial charge in [-0.3, -0.25) is 4.79 Å². The summed E-state index contributed by atoms with van der Waals surface area (Å²) in [4.78, 5) is 49.6. The van der Waals surface area contributed by atoms with Crippen LogP contribution >= 0.6 is 0 Å². The summed E-state index contributed by atoms with van der Waals surface area (Å²) in [6, 6.07) is 3.79. The van der Waals surface area contributed by atoms with Crippen molar-refractivity contribution in [2.24, 2.45) is 0 Å². The first-order valence-electron chi connectivity index (χ1n) is 21.1. The van der Waals surface area contributed by atoms with Gasteiger partial charge in [0.05, 0.1) is 18.1 Å². The maximum absolute atomic E-state index is 13.3. The molecule has 330 valence electrons. The van der Waals surface area contributed by atoms with Crippen LogP contribution in [0.1, 0.15) is 135 Å². The van der Waals surface area contributed by atoms with E-state index in [0.717, 1.165) is 49.8 Å². The maximum atomic E-state index is 13.3. The smallest absolute Gasteiger partial charge is 0.490 e. The van der Waals surface area contributed by atoms with E-state index in [9.17, 15) is 32.7 Å². The normalized spacial score (nSPS) is 23.8. The molecule has 1 aromatic carbocycles. The van der Waals surface area contributed by atoms with Crippen molar-refractivity contribution < 1.29 is 66.2 Å². The van der Waals surface area contributed by atoms with E-state index < -0.39 is 59.4 Å². The second-order valence-corrected chi connectivity index (χ2v) is 16.1. The highest BCUT2D eigenvalue weighted by Gasteiger charge is 2.72. The number of rotatable bonds is 21. The van der Waals surface area contributed by atoms with Gasteiger partial charge in [0.15, 0.2) is 29.8 Å². The SMILES string of the molecule is CCCCCCCCC=CCCCCCCCC(=O)O[C@@H](C)C(=O)O[C@@H](C)C(=O)OC1=CC[C@]2(O)C3Cc4ccc(OC)c5c4[C@@]2(CCN3C)[C@H]1O5.O=C(O)C(F)(F)F. The minimum atomic E-state index is -5.08. The number of allylic oxidation sites excluding steroid dienone is 2. The minimum absolute atomic E-state index is 0.131. The van der Waals surface area contributed by atoms with E-state index in [1.54, 1.807) is 13.2 Å². The van der Waals surface area contributed by atoms with E-state index in [4.69, 9.17) is 33.6 Å². The zero-order chi connectivity index (χ0) is 43.4. The van der Waals surface area contributed by atoms with E-state index >= 15 is 0 Å². The zero-order valence-corrected chi connectivity index (χ0v) is 35.1. The Balaban J connectivity index is 0.00000101. The molecule has 15 heteroatoms. The molecular weight excluding hydrogens is 775 g/mol. The van der Waals surface area contributed by atoms with Crippen molar-refractivity contribution >= 4 is 23.9 Å². The van der Waals surface area contributed by atoms with Gasteiger partial charge in [0.25, 0.3) is 0 Å². The summed E-state index contributed by atoms with van der Waals surface area (Å²) in [6.07, 6.45) is 15.0. The number of aliphatic hydroxyl groups is 1. The molecule has 1 aromatic rings. The monoisotopic (exact) mass is 837 g/mol. The predicted molar refractivity (Wildman–Crippen MR) is 212 cm³/mol. The van der Waals surface area contributed by atoms with Gasteiger partial charge in [-0.2, -0.15) is 13.2 Å². The van der Waals surface area contributed by atoms with Crippen LogP contribution in [0.4, 0.5) is 13.2 Å². The Kier molecular flexibility index (Phi) is 17.3. The second kappa shape index (κ2) is 21.4. The average molecular weight is 838 g/mol. The molecule has 12 nitrogen and oxygen atoms in total. The van der Waals surface area contributed by atoms with Crippen molar-refractivity contribution in [2.45, 2.75) is 171 Å². The topological polar surface area (TPSA) is 158 Å². The van der Waals surface area contributed by atoms with Gasteiger partial charge in [-0.05, 0) is 90.1 Å². The van der Waals surface area contributed by atoms with Gasteiger partial charge in [-0.1, -0.05) is 76.5 Å². The molecule has 0 saturated carbocycles. The summed E-state index contributed by atoms with van der Waals surface area (Å²) >= 11 is 0. The van der Waals surface area contributed by atoms with Crippen LogP contribution in [0.3, 0.4) is 0 Å². The molecule has 0 radical (unpaired) electrons. The van der Waals surface area contributed by atoms with E-state index in [1.807, 2.05) is 19.2 Å². The lowest BCUT2D eigenvalue weighted by Crippen LogP contribution is -2.74. The largest absolute Gasteiger partial charge is 0.493 e. The van der Waals surface area contributed by atoms with Crippen LogP contribution in [-0.4, -0.2) is 95.8 Å². The summed E-state index contributed by atoms with van der Waals surface area (Å²) in [5.41, 5.74) is 0.0723. The highest BCUT2D eigenvalue weighted by molar-refractivity contribution is 5.83. The van der Waals surface area contributed by atoms with E-state index in [2.05, 4.69) is 24.0 Å². The van der Waals surface area contributed by atoms with Crippen molar-refractivity contribution in [1.29, 1.82) is 0 Å². The molecule has 2 bridgehead atoms. The highest BCUT2D eigenvalue weighted by atomic mass is 19.4. The number of halogens is 3. The fourth-order valence-corrected chi connectivity index (χ4v) is 8.75. The molecule has 1 fully saturated rings. The number of methoxy groups -OCH3 is 1. The number of alkyl halides is 3. The van der Waals surface area contributed by atoms with Crippen LogP contribution in [0.5, 0.6) is 11.5 Å². The molecule has 4 aliphatic rings. The number of nitrogens with zero attached hydrogens (tertiary/aromatic N) is 1. The van der Waals surface area contributed by atoms with Crippen molar-refractivity contribution in [3.8, 4) is 11.5 Å². The number of carboxylic acid groups (broad SMARTS) is 1. The molecule has 1 saturated heterocycles. The van der Waals surface area contributed by atoms with Gasteiger partial charge in [0.1, 0.15) is 5.76 Å². The molecule has 1 unspecified atom stereocenters. The number of likely N-dealkylation sites (tertiary alicyclic amines) is 1. The standard InChI is InChI=1S/C42H61NO9.C2HF3O2/c1-6-7-8-9-10-11-12-13-14-15-16-17-18-19-20-21-35(44)49-29(2)39(45)50-30(3)40(46)51-33-24-25-42(47)34-28-31-22-23-32(48-5)37-36(31)41(42,38(33)52-37)26-27-43(34)4;3-2(4,5)1(6)7/h13-14,22-24,29-30,34,38,47H,6-12,15-21,25-28H2,1-5H3;(H,6,7)/t29-,30-,34?,38-,41-,42-;/m0./s1. The van der Waals surface area contributed by atoms with Gasteiger partial charge < -0.3 is 38.8 Å². The first-order chi connectivity index (χ1) is 28.0. The van der Waals surface area contributed by atoms with Gasteiger partial charge >= 0.3 is 30.1 Å². The van der Waals surface area contributed by atoms with E-state index in [-0.39, 0.29) is 24.6 Å². The Morgan fingerprint density at radius 1 is 0.932 bits per heavy atom. The number of hydrogen-bond acceptors (Lipinski definition) is 11. The van der Waals surface area contributed by atoms with Crippen LogP contribution in [0.25, 0.3) is 0 Å². The summed E-state index contributed by atoms with van der Waals surface area (Å²) in [7, 11) is 3.61. The van der Waals surface area contributed by atoms with Crippen molar-refractivity contribution in [3.05, 3.63) is 47.2 Å². The Hall–Kier alpha value is -4.11. The Labute approximate surface area is 345 Å². The maximum Gasteiger partial charge on any atom is 0.490 e. The summed E-state index contributed by atoms with van der Waals surface area (Å²) < 4.78 is 60.5. The van der Waals surface area contributed by atoms with Crippen molar-refractivity contribution in [1.82, 2.24) is 4.90 Å². The number of carboxylic acids is 1. The summed E-state index contributed by atoms with van der Waals surface area (Å²) in [6.45, 7) is 5.86. The van der Waals surface area contributed by atoms with Gasteiger partial charge in [-0.25, -0.2) is 14.4 Å². The third-order valence-electron chi connectivity index (χ3n) is 11.9. The van der Waals surface area contributed by atoms with Crippen LogP contribution in [0.2, 0.25) is 0 Å². The molecule has 0 amide bonds. The van der Waals surface area contributed by atoms with E-state index in [1.165, 1.54) is 58.8 Å². The van der Waals surface area contributed by atoms with E-state index in [0.29, 0.717) is 30.8 Å². The number of unbranched alkanes of at least 4 members (excludes halogenated alkanes) is 11. The fourth-order valence-electron chi connectivity index (χ4n) is 8.75. The van der Waals surface area contributed by atoms with Crippen molar-refractivity contribution in [2.75, 3.05) is 20.7 Å². The molecular formula is C44H62F3NO11. The Morgan fingerprint density at radius 2 is 1.53 bits per heavy atom. The molecule has 59 heavy (non-hydrogen) atoms. The zero-order valence-electron chi connectivity index (χ0n) is 35.1. The number of hydrogen-bond donors (Lipinski definition) is 2. The number of ether oxygens (including phenoxy) is 5. The molecule has 2 aliphatic heterocycles. The number of likely N-dealkylation sites (N-methyl/N-ethyl adjacent to an activating group) is 1. The van der Waals surface area contributed by atoms with Crippen LogP contribution in [0, 0.1) is 0 Å². The molecule has 2 heterocycles. The lowest BCUT2D eigenvalue weighted by molar-refractivity contribution is -0.192. The first-order valence-corrected chi connectivity index (χ1v) is 21.1. The van der Waals surface area contributed by atoms with Gasteiger partial charge in [0.2, 0.25) is 0 Å². The number of benzene rings is 1. The second-order valence-electron chi connectivity index (χ2n) is 16.1. The minimum Gasteiger partial charge on any atom is -0.493 e. The highest BCUT2D eigenvalue weighted by Crippen LogP contribution is 2.65. The number of carbonyl (C=O) groups is 4. The van der Waals surface area contributed by atoms with Gasteiger partial charge in [-0.15, -0.1) is 0 Å². The Morgan fingerprint density at radius 3 is 2.14 bits per heavy atom. The molecule has 1 spiro atoms. The molecule has 2 aliphatic carbocycles. The fraction of sp³-hybridized carbons (Fsp3) is 0.682. The number of esters is 3. The lowest BCUT2D eigenvalue weighted by Gasteiger charge is -2.61. The third-order valence-corrected chi connectivity index (χ3v) is 11.9. The third kappa shape index (κ3) is 11.4. The molecule has 5 rings (SSSR count). The number of carbonyl (C=O) groups excluding carboxylic acids is 3. The van der Waals surface area contributed by atoms with Crippen molar-refractivity contribution in [3.63, 3.8) is 0 Å². The Bertz CT molecular complexity index is 1680. The summed E-state index contributed by atoms with van der Waals surface area (Å²) in [5.74, 6) is -3.40. The van der Waals surface area contributed by atoms with Gasteiger partial charge in [0, 0.05) is 24.4 Å². The molecule has 6 atom stereocenters. The number of piperidine rings is 1. The predicted octanol–water partition coefficient (Wildman–Crippen LogP) is 8.05. The van der Waals surface area contributed by atoms with Crippen LogP contribution in [-0.2, 0) is 45.2 Å². The first kappa shape index (κ1) is 47.6. The number of aliphatic carboxylic acids is 1. The molecule has 0 aromatic heterocycles. The van der Waals surface area contributed by atoms with Crippen LogP contribution < -0.4 is 9.47 Å². The lowest BCUT2D eigenvalue weighted by atomic mass is 9.50. The van der Waals surface area contributed by atoms with Crippen LogP contribution in [0.15, 0.2) is 36.1 Å². The summed E-state index contributed by atoms with van der Waals surface area (Å²) in [5, 5.41) is 19.5. The average Bonchev–Trinajstić information content (AvgIpc) is 3.54.